The van der Waals surface area contributed by atoms with Crippen molar-refractivity contribution < 1.29 is 17.5 Å². The van der Waals surface area contributed by atoms with Crippen LogP contribution < -0.4 is 10.0 Å². The van der Waals surface area contributed by atoms with Gasteiger partial charge in [0.1, 0.15) is 4.90 Å². The fourth-order valence-corrected chi connectivity index (χ4v) is 3.56. The van der Waals surface area contributed by atoms with Gasteiger partial charge in [0, 0.05) is 19.6 Å². The Hall–Kier alpha value is -0.440. The van der Waals surface area contributed by atoms with Crippen molar-refractivity contribution in [3.63, 3.8) is 0 Å². The average Bonchev–Trinajstić information content (AvgIpc) is 2.44. The number of rotatable bonds is 4. The molecule has 5 nitrogen and oxygen atoms in total. The molecule has 1 aliphatic rings. The number of hydrogen-bond donors (Lipinski definition) is 2. The second-order valence-electron chi connectivity index (χ2n) is 4.22. The summed E-state index contributed by atoms with van der Waals surface area (Å²) in [6.07, 6.45) is -0.269. The van der Waals surface area contributed by atoms with E-state index >= 15 is 0 Å². The van der Waals surface area contributed by atoms with E-state index in [-0.39, 0.29) is 22.6 Å². The van der Waals surface area contributed by atoms with Crippen molar-refractivity contribution in [2.45, 2.75) is 11.0 Å². The van der Waals surface area contributed by atoms with Crippen LogP contribution in [-0.2, 0) is 14.8 Å². The van der Waals surface area contributed by atoms with E-state index in [2.05, 4.69) is 10.0 Å². The number of morpholine rings is 1. The molecular formula is C11H13Cl2FN2O3S. The quantitative estimate of drug-likeness (QED) is 0.811. The lowest BCUT2D eigenvalue weighted by Gasteiger charge is -2.23. The minimum Gasteiger partial charge on any atom is -0.374 e. The van der Waals surface area contributed by atoms with Crippen molar-refractivity contribution >= 4 is 33.2 Å². The Balaban J connectivity index is 2.12. The van der Waals surface area contributed by atoms with Crippen molar-refractivity contribution in [1.82, 2.24) is 10.0 Å². The van der Waals surface area contributed by atoms with Crippen LogP contribution in [0.5, 0.6) is 0 Å². The molecule has 0 bridgehead atoms. The standard InChI is InChI=1S/C11H13Cl2FN2O3S/c12-8-1-2-9(10(13)11(8)14)20(17,18)16-6-7-5-15-3-4-19-7/h1-2,7,15-16H,3-6H2. The second kappa shape index (κ2) is 6.55. The van der Waals surface area contributed by atoms with Crippen molar-refractivity contribution in [2.24, 2.45) is 0 Å². The molecule has 0 saturated carbocycles. The minimum atomic E-state index is -3.92. The smallest absolute Gasteiger partial charge is 0.242 e. The summed E-state index contributed by atoms with van der Waals surface area (Å²) in [5.74, 6) is -0.952. The molecule has 1 aliphatic heterocycles. The van der Waals surface area contributed by atoms with Gasteiger partial charge in [-0.3, -0.25) is 0 Å². The van der Waals surface area contributed by atoms with E-state index in [0.29, 0.717) is 13.2 Å². The summed E-state index contributed by atoms with van der Waals surface area (Å²) >= 11 is 11.2. The molecule has 20 heavy (non-hydrogen) atoms. The Bertz CT molecular complexity index is 592. The van der Waals surface area contributed by atoms with Gasteiger partial charge in [-0.2, -0.15) is 0 Å². The molecule has 1 saturated heterocycles. The van der Waals surface area contributed by atoms with E-state index in [1.807, 2.05) is 0 Å². The summed E-state index contributed by atoms with van der Waals surface area (Å²) in [4.78, 5) is -0.343. The van der Waals surface area contributed by atoms with Gasteiger partial charge < -0.3 is 10.1 Å². The first kappa shape index (κ1) is 15.9. The van der Waals surface area contributed by atoms with Gasteiger partial charge in [-0.1, -0.05) is 23.2 Å². The van der Waals surface area contributed by atoms with E-state index in [1.165, 1.54) is 0 Å². The third-order valence-electron chi connectivity index (χ3n) is 2.79. The Kier molecular flexibility index (Phi) is 5.22. The van der Waals surface area contributed by atoms with Gasteiger partial charge in [0.05, 0.1) is 22.8 Å². The lowest BCUT2D eigenvalue weighted by atomic mass is 10.3. The summed E-state index contributed by atoms with van der Waals surface area (Å²) in [5.41, 5.74) is 0. The fraction of sp³-hybridized carbons (Fsp3) is 0.455. The molecule has 1 heterocycles. The Morgan fingerprint density at radius 1 is 1.45 bits per heavy atom. The summed E-state index contributed by atoms with van der Waals surface area (Å²) < 4.78 is 45.4. The highest BCUT2D eigenvalue weighted by atomic mass is 35.5. The molecule has 2 N–H and O–H groups in total. The van der Waals surface area contributed by atoms with Crippen LogP contribution >= 0.6 is 23.2 Å². The maximum absolute atomic E-state index is 13.5. The van der Waals surface area contributed by atoms with Crippen molar-refractivity contribution in [2.75, 3.05) is 26.2 Å². The van der Waals surface area contributed by atoms with Gasteiger partial charge in [0.25, 0.3) is 0 Å². The lowest BCUT2D eigenvalue weighted by Crippen LogP contribution is -2.45. The monoisotopic (exact) mass is 342 g/mol. The normalized spacial score (nSPS) is 20.1. The molecule has 1 fully saturated rings. The zero-order chi connectivity index (χ0) is 14.8. The van der Waals surface area contributed by atoms with Gasteiger partial charge in [-0.15, -0.1) is 0 Å². The van der Waals surface area contributed by atoms with Crippen LogP contribution in [-0.4, -0.2) is 40.8 Å². The number of nitrogens with one attached hydrogen (secondary N) is 2. The SMILES string of the molecule is O=S(=O)(NCC1CNCCO1)c1ccc(Cl)c(F)c1Cl. The highest BCUT2D eigenvalue weighted by molar-refractivity contribution is 7.89. The van der Waals surface area contributed by atoms with Crippen LogP contribution in [0.25, 0.3) is 0 Å². The summed E-state index contributed by atoms with van der Waals surface area (Å²) in [7, 11) is -3.92. The number of benzene rings is 1. The third-order valence-corrected chi connectivity index (χ3v) is 5.03. The molecule has 0 amide bonds. The van der Waals surface area contributed by atoms with Gasteiger partial charge in [0.15, 0.2) is 5.82 Å². The van der Waals surface area contributed by atoms with Crippen LogP contribution in [0.1, 0.15) is 0 Å². The van der Waals surface area contributed by atoms with E-state index in [4.69, 9.17) is 27.9 Å². The highest BCUT2D eigenvalue weighted by Gasteiger charge is 2.23. The second-order valence-corrected chi connectivity index (χ2v) is 6.74. The van der Waals surface area contributed by atoms with Gasteiger partial charge >= 0.3 is 0 Å². The highest BCUT2D eigenvalue weighted by Crippen LogP contribution is 2.29. The van der Waals surface area contributed by atoms with Gasteiger partial charge in [-0.05, 0) is 12.1 Å². The largest absolute Gasteiger partial charge is 0.374 e. The number of halogens is 3. The number of hydrogen-bond acceptors (Lipinski definition) is 4. The molecular weight excluding hydrogens is 330 g/mol. The Labute approximate surface area is 126 Å². The first-order chi connectivity index (χ1) is 9.42. The molecule has 9 heteroatoms. The first-order valence-electron chi connectivity index (χ1n) is 5.87. The molecule has 1 atom stereocenters. The summed E-state index contributed by atoms with van der Waals surface area (Å²) in [6, 6.07) is 2.31. The van der Waals surface area contributed by atoms with Crippen molar-refractivity contribution in [1.29, 1.82) is 0 Å². The molecule has 2 rings (SSSR count). The van der Waals surface area contributed by atoms with Crippen LogP contribution in [0.4, 0.5) is 4.39 Å². The molecule has 0 spiro atoms. The maximum Gasteiger partial charge on any atom is 0.242 e. The van der Waals surface area contributed by atoms with Crippen LogP contribution in [0, 0.1) is 5.82 Å². The molecule has 112 valence electrons. The average molecular weight is 343 g/mol. The maximum atomic E-state index is 13.5. The molecule has 0 aromatic heterocycles. The Morgan fingerprint density at radius 2 is 2.20 bits per heavy atom. The van der Waals surface area contributed by atoms with Crippen molar-refractivity contribution in [3.8, 4) is 0 Å². The Morgan fingerprint density at radius 3 is 2.85 bits per heavy atom. The van der Waals surface area contributed by atoms with E-state index < -0.39 is 20.9 Å². The molecule has 1 aromatic carbocycles. The van der Waals surface area contributed by atoms with Gasteiger partial charge in [0.2, 0.25) is 10.0 Å². The zero-order valence-electron chi connectivity index (χ0n) is 10.3. The van der Waals surface area contributed by atoms with Gasteiger partial charge in [-0.25, -0.2) is 17.5 Å². The van der Waals surface area contributed by atoms with Crippen molar-refractivity contribution in [3.05, 3.63) is 28.0 Å². The predicted octanol–water partition coefficient (Wildman–Crippen LogP) is 1.40. The first-order valence-corrected chi connectivity index (χ1v) is 8.11. The minimum absolute atomic E-state index is 0.0793. The zero-order valence-corrected chi connectivity index (χ0v) is 12.7. The molecule has 0 radical (unpaired) electrons. The van der Waals surface area contributed by atoms with E-state index in [9.17, 15) is 12.8 Å². The predicted molar refractivity (Wildman–Crippen MR) is 74.2 cm³/mol. The van der Waals surface area contributed by atoms with Crippen LogP contribution in [0.3, 0.4) is 0 Å². The molecule has 1 aromatic rings. The lowest BCUT2D eigenvalue weighted by molar-refractivity contribution is 0.0324. The van der Waals surface area contributed by atoms with Crippen LogP contribution in [0.2, 0.25) is 10.0 Å². The molecule has 1 unspecified atom stereocenters. The molecule has 0 aliphatic carbocycles. The summed E-state index contributed by atoms with van der Waals surface area (Å²) in [6.45, 7) is 1.88. The number of ether oxygens (including phenoxy) is 1. The van der Waals surface area contributed by atoms with Crippen LogP contribution in [0.15, 0.2) is 17.0 Å². The third kappa shape index (κ3) is 3.60. The number of sulfonamides is 1. The summed E-state index contributed by atoms with van der Waals surface area (Å²) in [5, 5.41) is 2.33. The fourth-order valence-electron chi connectivity index (χ4n) is 1.75. The van der Waals surface area contributed by atoms with E-state index in [1.54, 1.807) is 0 Å². The van der Waals surface area contributed by atoms with E-state index in [0.717, 1.165) is 18.7 Å². The topological polar surface area (TPSA) is 67.4 Å².